The Labute approximate surface area is 207 Å². The summed E-state index contributed by atoms with van der Waals surface area (Å²) in [5.74, 6) is -1.02. The van der Waals surface area contributed by atoms with E-state index < -0.39 is 17.7 Å². The lowest BCUT2D eigenvalue weighted by Gasteiger charge is -2.22. The summed E-state index contributed by atoms with van der Waals surface area (Å²) in [7, 11) is 0. The highest BCUT2D eigenvalue weighted by Crippen LogP contribution is 2.32. The molecule has 9 heteroatoms. The number of aromatic nitrogens is 1. The average Bonchev–Trinajstić information content (AvgIpc) is 2.83. The number of pyridine rings is 1. The first-order chi connectivity index (χ1) is 17.0. The van der Waals surface area contributed by atoms with Crippen molar-refractivity contribution in [2.24, 2.45) is 5.92 Å². The molecule has 0 saturated carbocycles. The van der Waals surface area contributed by atoms with Crippen molar-refractivity contribution in [3.8, 4) is 11.1 Å². The molecule has 0 aliphatic carbocycles. The summed E-state index contributed by atoms with van der Waals surface area (Å²) in [6.45, 7) is 4.22. The van der Waals surface area contributed by atoms with Gasteiger partial charge in [-0.25, -0.2) is 0 Å². The van der Waals surface area contributed by atoms with Gasteiger partial charge in [0.25, 0.3) is 5.91 Å². The molecule has 3 N–H and O–H groups in total. The van der Waals surface area contributed by atoms with Crippen LogP contribution in [0, 0.1) is 5.92 Å². The number of alkyl halides is 3. The topological polar surface area (TPSA) is 91.3 Å². The van der Waals surface area contributed by atoms with E-state index in [1.54, 1.807) is 12.1 Å². The van der Waals surface area contributed by atoms with Crippen molar-refractivity contribution in [2.75, 3.05) is 11.9 Å². The zero-order valence-electron chi connectivity index (χ0n) is 20.0. The van der Waals surface area contributed by atoms with Crippen molar-refractivity contribution < 1.29 is 27.9 Å². The van der Waals surface area contributed by atoms with Gasteiger partial charge in [-0.2, -0.15) is 13.2 Å². The smallest absolute Gasteiger partial charge is 0.416 e. The fraction of sp³-hybridized carbons (Fsp3) is 0.296. The van der Waals surface area contributed by atoms with Crippen LogP contribution in [-0.2, 0) is 11.0 Å². The number of carboxylic acid groups (broad SMARTS) is 1. The largest absolute Gasteiger partial charge is 0.481 e. The van der Waals surface area contributed by atoms with E-state index in [1.165, 1.54) is 18.3 Å². The number of carboxylic acids is 1. The van der Waals surface area contributed by atoms with E-state index in [-0.39, 0.29) is 24.9 Å². The standard InChI is InChI=1S/C27H28F3N3O3/c1-17(2)15-24(23-12-7-20(16-32-23)26(36)31-14-13-25(34)35)33-22-10-5-19(6-11-22)18-3-8-21(9-4-18)27(28,29)30/h3-12,16-17,24,33H,13-15H2,1-2H3,(H,31,36)(H,34,35)/t24-/m0/s1. The van der Waals surface area contributed by atoms with Gasteiger partial charge in [0.1, 0.15) is 0 Å². The molecule has 1 atom stereocenters. The molecule has 0 aliphatic rings. The van der Waals surface area contributed by atoms with Crippen molar-refractivity contribution >= 4 is 17.6 Å². The van der Waals surface area contributed by atoms with Crippen LogP contribution < -0.4 is 10.6 Å². The van der Waals surface area contributed by atoms with Crippen LogP contribution in [0.4, 0.5) is 18.9 Å². The summed E-state index contributed by atoms with van der Waals surface area (Å²) in [5.41, 5.74) is 2.72. The molecule has 0 bridgehead atoms. The summed E-state index contributed by atoms with van der Waals surface area (Å²) in [4.78, 5) is 27.2. The molecular weight excluding hydrogens is 471 g/mol. The highest BCUT2D eigenvalue weighted by molar-refractivity contribution is 5.94. The van der Waals surface area contributed by atoms with Gasteiger partial charge in [-0.05, 0) is 59.9 Å². The Kier molecular flexibility index (Phi) is 8.68. The van der Waals surface area contributed by atoms with Crippen molar-refractivity contribution in [1.29, 1.82) is 0 Å². The number of halogens is 3. The molecule has 1 heterocycles. The molecule has 0 unspecified atom stereocenters. The summed E-state index contributed by atoms with van der Waals surface area (Å²) < 4.78 is 38.4. The molecule has 6 nitrogen and oxygen atoms in total. The second-order valence-corrected chi connectivity index (χ2v) is 8.85. The van der Waals surface area contributed by atoms with Gasteiger partial charge in [0.05, 0.1) is 29.3 Å². The van der Waals surface area contributed by atoms with E-state index >= 15 is 0 Å². The summed E-state index contributed by atoms with van der Waals surface area (Å²) in [6, 6.07) is 15.8. The third kappa shape index (κ3) is 7.56. The molecule has 36 heavy (non-hydrogen) atoms. The number of hydrogen-bond acceptors (Lipinski definition) is 4. The van der Waals surface area contributed by atoms with Gasteiger partial charge in [0.2, 0.25) is 0 Å². The van der Waals surface area contributed by atoms with Gasteiger partial charge in [-0.15, -0.1) is 0 Å². The fourth-order valence-electron chi connectivity index (χ4n) is 3.67. The number of hydrogen-bond donors (Lipinski definition) is 3. The maximum Gasteiger partial charge on any atom is 0.416 e. The van der Waals surface area contributed by atoms with Crippen LogP contribution >= 0.6 is 0 Å². The Balaban J connectivity index is 1.70. The predicted molar refractivity (Wildman–Crippen MR) is 132 cm³/mol. The third-order valence-corrected chi connectivity index (χ3v) is 5.51. The molecule has 0 spiro atoms. The molecule has 3 aromatic rings. The van der Waals surface area contributed by atoms with Crippen molar-refractivity contribution in [2.45, 2.75) is 38.9 Å². The van der Waals surface area contributed by atoms with Crippen molar-refractivity contribution in [1.82, 2.24) is 10.3 Å². The van der Waals surface area contributed by atoms with Gasteiger partial charge < -0.3 is 15.7 Å². The first-order valence-electron chi connectivity index (χ1n) is 11.5. The zero-order valence-corrected chi connectivity index (χ0v) is 20.0. The van der Waals surface area contributed by atoms with Crippen LogP contribution in [-0.4, -0.2) is 28.5 Å². The van der Waals surface area contributed by atoms with Gasteiger partial charge in [-0.3, -0.25) is 14.6 Å². The number of carbonyl (C=O) groups excluding carboxylic acids is 1. The minimum atomic E-state index is -4.37. The van der Waals surface area contributed by atoms with Crippen molar-refractivity contribution in [3.63, 3.8) is 0 Å². The molecule has 0 radical (unpaired) electrons. The fourth-order valence-corrected chi connectivity index (χ4v) is 3.67. The number of amides is 1. The molecule has 190 valence electrons. The second kappa shape index (κ2) is 11.7. The first-order valence-corrected chi connectivity index (χ1v) is 11.5. The average molecular weight is 500 g/mol. The molecule has 2 aromatic carbocycles. The van der Waals surface area contributed by atoms with Crippen LogP contribution in [0.25, 0.3) is 11.1 Å². The van der Waals surface area contributed by atoms with E-state index in [0.29, 0.717) is 17.0 Å². The molecule has 1 amide bonds. The Morgan fingerprint density at radius 2 is 1.56 bits per heavy atom. The summed E-state index contributed by atoms with van der Waals surface area (Å²) >= 11 is 0. The number of rotatable bonds is 10. The monoisotopic (exact) mass is 499 g/mol. The van der Waals surface area contributed by atoms with E-state index in [9.17, 15) is 22.8 Å². The SMILES string of the molecule is CC(C)C[C@H](Nc1ccc(-c2ccc(C(F)(F)F)cc2)cc1)c1ccc(C(=O)NCCC(=O)O)cn1. The van der Waals surface area contributed by atoms with Gasteiger partial charge >= 0.3 is 12.1 Å². The van der Waals surface area contributed by atoms with Crippen LogP contribution in [0.2, 0.25) is 0 Å². The van der Waals surface area contributed by atoms with E-state index in [1.807, 2.05) is 24.3 Å². The Morgan fingerprint density at radius 1 is 0.944 bits per heavy atom. The Hall–Kier alpha value is -3.88. The third-order valence-electron chi connectivity index (χ3n) is 5.51. The Bertz CT molecular complexity index is 1160. The normalized spacial score (nSPS) is 12.3. The lowest BCUT2D eigenvalue weighted by atomic mass is 9.99. The molecule has 1 aromatic heterocycles. The van der Waals surface area contributed by atoms with Crippen LogP contribution in [0.1, 0.15) is 54.3 Å². The number of benzene rings is 2. The molecule has 0 fully saturated rings. The van der Waals surface area contributed by atoms with Gasteiger partial charge in [0.15, 0.2) is 0 Å². The predicted octanol–water partition coefficient (Wildman–Crippen LogP) is 6.17. The number of nitrogens with one attached hydrogen (secondary N) is 2. The summed E-state index contributed by atoms with van der Waals surface area (Å²) in [5, 5.41) is 14.7. The molecule has 0 aliphatic heterocycles. The highest BCUT2D eigenvalue weighted by atomic mass is 19.4. The maximum absolute atomic E-state index is 12.8. The second-order valence-electron chi connectivity index (χ2n) is 8.85. The summed E-state index contributed by atoms with van der Waals surface area (Å²) in [6.07, 6.45) is -2.28. The lowest BCUT2D eigenvalue weighted by Crippen LogP contribution is -2.26. The molecular formula is C27H28F3N3O3. The van der Waals surface area contributed by atoms with Gasteiger partial charge in [-0.1, -0.05) is 38.1 Å². The lowest BCUT2D eigenvalue weighted by molar-refractivity contribution is -0.138. The van der Waals surface area contributed by atoms with E-state index in [0.717, 1.165) is 35.5 Å². The van der Waals surface area contributed by atoms with Crippen LogP contribution in [0.3, 0.4) is 0 Å². The molecule has 3 rings (SSSR count). The van der Waals surface area contributed by atoms with E-state index in [2.05, 4.69) is 29.5 Å². The van der Waals surface area contributed by atoms with Crippen LogP contribution in [0.5, 0.6) is 0 Å². The number of carbonyl (C=O) groups is 2. The zero-order chi connectivity index (χ0) is 26.3. The number of nitrogens with zero attached hydrogens (tertiary/aromatic N) is 1. The number of aliphatic carboxylic acids is 1. The maximum atomic E-state index is 12.8. The number of anilines is 1. The minimum absolute atomic E-state index is 0.0376. The first kappa shape index (κ1) is 26.7. The van der Waals surface area contributed by atoms with Crippen LogP contribution in [0.15, 0.2) is 66.9 Å². The minimum Gasteiger partial charge on any atom is -0.481 e. The van der Waals surface area contributed by atoms with E-state index in [4.69, 9.17) is 5.11 Å². The quantitative estimate of drug-likeness (QED) is 0.310. The van der Waals surface area contributed by atoms with Crippen molar-refractivity contribution in [3.05, 3.63) is 83.7 Å². The van der Waals surface area contributed by atoms with Gasteiger partial charge in [0, 0.05) is 18.4 Å². The highest BCUT2D eigenvalue weighted by Gasteiger charge is 2.30. The Morgan fingerprint density at radius 3 is 2.06 bits per heavy atom. The molecule has 0 saturated heterocycles.